The Hall–Kier alpha value is -2.68. The highest BCUT2D eigenvalue weighted by Crippen LogP contribution is 2.22. The summed E-state index contributed by atoms with van der Waals surface area (Å²) in [5.41, 5.74) is 0.787. The van der Waals surface area contributed by atoms with Crippen LogP contribution in [0.4, 0.5) is 11.5 Å². The summed E-state index contributed by atoms with van der Waals surface area (Å²) in [5, 5.41) is 2.76. The minimum absolute atomic E-state index is 0.0961. The fourth-order valence-electron chi connectivity index (χ4n) is 2.83. The quantitative estimate of drug-likeness (QED) is 0.841. The van der Waals surface area contributed by atoms with E-state index in [2.05, 4.69) is 15.3 Å². The maximum absolute atomic E-state index is 12.5. The number of anilines is 2. The molecule has 1 aromatic heterocycles. The molecule has 26 heavy (non-hydrogen) atoms. The van der Waals surface area contributed by atoms with E-state index in [1.165, 1.54) is 6.33 Å². The first-order valence-electron chi connectivity index (χ1n) is 8.09. The monoisotopic (exact) mass is 376 g/mol. The number of ether oxygens (including phenoxy) is 1. The third-order valence-electron chi connectivity index (χ3n) is 4.33. The van der Waals surface area contributed by atoms with Gasteiger partial charge in [-0.3, -0.25) is 4.79 Å². The van der Waals surface area contributed by atoms with Crippen LogP contribution in [0.5, 0.6) is 5.75 Å². The van der Waals surface area contributed by atoms with E-state index in [1.807, 2.05) is 0 Å². The second-order valence-electron chi connectivity index (χ2n) is 6.12. The topological polar surface area (TPSA) is 101 Å². The van der Waals surface area contributed by atoms with E-state index in [4.69, 9.17) is 4.74 Å². The first-order chi connectivity index (χ1) is 12.4. The zero-order valence-corrected chi connectivity index (χ0v) is 15.4. The van der Waals surface area contributed by atoms with Crippen molar-refractivity contribution >= 4 is 27.2 Å². The molecule has 1 saturated heterocycles. The van der Waals surface area contributed by atoms with E-state index in [-0.39, 0.29) is 29.1 Å². The molecule has 1 atom stereocenters. The van der Waals surface area contributed by atoms with Gasteiger partial charge in [0.15, 0.2) is 9.84 Å². The molecule has 1 unspecified atom stereocenters. The van der Waals surface area contributed by atoms with Crippen molar-refractivity contribution in [2.24, 2.45) is 0 Å². The number of hydrogen-bond acceptors (Lipinski definition) is 7. The molecule has 1 amide bonds. The predicted molar refractivity (Wildman–Crippen MR) is 98.4 cm³/mol. The number of nitrogens with zero attached hydrogens (tertiary/aromatic N) is 3. The standard InChI is InChI=1S/C17H20N4O4S/c1-21(13-6-7-26(23,24)10-13)16-9-15(18-11-19-16)17(22)20-12-4-3-5-14(8-12)25-2/h3-5,8-9,11,13H,6-7,10H2,1-2H3,(H,20,22). The zero-order chi connectivity index (χ0) is 18.7. The van der Waals surface area contributed by atoms with Crippen LogP contribution in [-0.4, -0.2) is 56.0 Å². The number of nitrogens with one attached hydrogen (secondary N) is 1. The Kier molecular flexibility index (Phi) is 5.08. The molecular weight excluding hydrogens is 356 g/mol. The van der Waals surface area contributed by atoms with Crippen LogP contribution >= 0.6 is 0 Å². The maximum atomic E-state index is 12.5. The van der Waals surface area contributed by atoms with E-state index in [0.717, 1.165) is 0 Å². The minimum atomic E-state index is -3.00. The van der Waals surface area contributed by atoms with E-state index < -0.39 is 9.84 Å². The molecule has 0 bridgehead atoms. The van der Waals surface area contributed by atoms with Crippen molar-refractivity contribution in [1.82, 2.24) is 9.97 Å². The van der Waals surface area contributed by atoms with Gasteiger partial charge in [-0.2, -0.15) is 0 Å². The highest BCUT2D eigenvalue weighted by atomic mass is 32.2. The van der Waals surface area contributed by atoms with Crippen LogP contribution in [0, 0.1) is 0 Å². The SMILES string of the molecule is COc1cccc(NC(=O)c2cc(N(C)C3CCS(=O)(=O)C3)ncn2)c1. The Morgan fingerprint density at radius 1 is 1.31 bits per heavy atom. The van der Waals surface area contributed by atoms with Crippen molar-refractivity contribution in [1.29, 1.82) is 0 Å². The molecule has 0 aliphatic carbocycles. The van der Waals surface area contributed by atoms with Gasteiger partial charge >= 0.3 is 0 Å². The first-order valence-corrected chi connectivity index (χ1v) is 9.91. The number of sulfone groups is 1. The smallest absolute Gasteiger partial charge is 0.274 e. The number of carbonyl (C=O) groups excluding carboxylic acids is 1. The predicted octanol–water partition coefficient (Wildman–Crippen LogP) is 1.36. The number of aromatic nitrogens is 2. The second-order valence-corrected chi connectivity index (χ2v) is 8.34. The zero-order valence-electron chi connectivity index (χ0n) is 14.5. The van der Waals surface area contributed by atoms with Gasteiger partial charge in [-0.25, -0.2) is 18.4 Å². The summed E-state index contributed by atoms with van der Waals surface area (Å²) in [5.74, 6) is 1.04. The highest BCUT2D eigenvalue weighted by Gasteiger charge is 2.31. The fraction of sp³-hybridized carbons (Fsp3) is 0.353. The third kappa shape index (κ3) is 4.10. The molecule has 3 rings (SSSR count). The molecule has 8 nitrogen and oxygen atoms in total. The average molecular weight is 376 g/mol. The molecule has 0 radical (unpaired) electrons. The van der Waals surface area contributed by atoms with Gasteiger partial charge < -0.3 is 15.0 Å². The number of carbonyl (C=O) groups is 1. The molecule has 0 spiro atoms. The lowest BCUT2D eigenvalue weighted by Gasteiger charge is -2.24. The maximum Gasteiger partial charge on any atom is 0.274 e. The number of methoxy groups -OCH3 is 1. The molecule has 2 heterocycles. The Balaban J connectivity index is 1.75. The van der Waals surface area contributed by atoms with E-state index in [9.17, 15) is 13.2 Å². The molecule has 1 fully saturated rings. The molecular formula is C17H20N4O4S. The van der Waals surface area contributed by atoms with Crippen LogP contribution in [0.3, 0.4) is 0 Å². The van der Waals surface area contributed by atoms with Crippen molar-refractivity contribution in [3.63, 3.8) is 0 Å². The molecule has 2 aromatic rings. The van der Waals surface area contributed by atoms with Gasteiger partial charge in [0, 0.05) is 30.9 Å². The van der Waals surface area contributed by atoms with Crippen molar-refractivity contribution < 1.29 is 17.9 Å². The second kappa shape index (κ2) is 7.28. The van der Waals surface area contributed by atoms with E-state index in [0.29, 0.717) is 23.7 Å². The van der Waals surface area contributed by atoms with Crippen LogP contribution in [0.1, 0.15) is 16.9 Å². The van der Waals surface area contributed by atoms with Crippen LogP contribution in [0.15, 0.2) is 36.7 Å². The summed E-state index contributed by atoms with van der Waals surface area (Å²) in [7, 11) is 0.329. The molecule has 9 heteroatoms. The summed E-state index contributed by atoms with van der Waals surface area (Å²) in [6.07, 6.45) is 1.85. The number of hydrogen-bond donors (Lipinski definition) is 1. The normalized spacial score (nSPS) is 18.3. The van der Waals surface area contributed by atoms with Gasteiger partial charge in [0.25, 0.3) is 5.91 Å². The van der Waals surface area contributed by atoms with Gasteiger partial charge in [-0.05, 0) is 18.6 Å². The molecule has 138 valence electrons. The molecule has 1 aliphatic heterocycles. The fourth-order valence-corrected chi connectivity index (χ4v) is 4.60. The van der Waals surface area contributed by atoms with Crippen molar-refractivity contribution in [3.8, 4) is 5.75 Å². The minimum Gasteiger partial charge on any atom is -0.497 e. The Morgan fingerprint density at radius 3 is 2.81 bits per heavy atom. The van der Waals surface area contributed by atoms with Gasteiger partial charge in [0.1, 0.15) is 23.6 Å². The van der Waals surface area contributed by atoms with Gasteiger partial charge in [0.05, 0.1) is 18.6 Å². The summed E-state index contributed by atoms with van der Waals surface area (Å²) >= 11 is 0. The van der Waals surface area contributed by atoms with Crippen molar-refractivity contribution in [3.05, 3.63) is 42.4 Å². The average Bonchev–Trinajstić information content (AvgIpc) is 3.01. The number of benzene rings is 1. The summed E-state index contributed by atoms with van der Waals surface area (Å²) < 4.78 is 28.5. The Labute approximate surface area is 152 Å². The summed E-state index contributed by atoms with van der Waals surface area (Å²) in [6, 6.07) is 8.41. The van der Waals surface area contributed by atoms with E-state index in [1.54, 1.807) is 49.4 Å². The molecule has 1 N–H and O–H groups in total. The lowest BCUT2D eigenvalue weighted by molar-refractivity contribution is 0.102. The number of rotatable bonds is 5. The molecule has 1 aromatic carbocycles. The van der Waals surface area contributed by atoms with E-state index >= 15 is 0 Å². The first kappa shape index (κ1) is 18.1. The Bertz CT molecular complexity index is 916. The summed E-state index contributed by atoms with van der Waals surface area (Å²) in [6.45, 7) is 0. The van der Waals surface area contributed by atoms with Gasteiger partial charge in [-0.15, -0.1) is 0 Å². The molecule has 1 aliphatic rings. The lowest BCUT2D eigenvalue weighted by atomic mass is 10.2. The van der Waals surface area contributed by atoms with Crippen molar-refractivity contribution in [2.75, 3.05) is 35.9 Å². The van der Waals surface area contributed by atoms with Crippen molar-refractivity contribution in [2.45, 2.75) is 12.5 Å². The highest BCUT2D eigenvalue weighted by molar-refractivity contribution is 7.91. The van der Waals surface area contributed by atoms with Gasteiger partial charge in [-0.1, -0.05) is 6.07 Å². The lowest BCUT2D eigenvalue weighted by Crippen LogP contribution is -2.33. The summed E-state index contributed by atoms with van der Waals surface area (Å²) in [4.78, 5) is 22.4. The van der Waals surface area contributed by atoms with Crippen LogP contribution < -0.4 is 15.0 Å². The van der Waals surface area contributed by atoms with Crippen LogP contribution in [0.2, 0.25) is 0 Å². The third-order valence-corrected chi connectivity index (χ3v) is 6.08. The molecule has 0 saturated carbocycles. The number of amides is 1. The van der Waals surface area contributed by atoms with Crippen LogP contribution in [0.25, 0.3) is 0 Å². The van der Waals surface area contributed by atoms with Crippen LogP contribution in [-0.2, 0) is 9.84 Å². The largest absolute Gasteiger partial charge is 0.497 e. The van der Waals surface area contributed by atoms with Gasteiger partial charge in [0.2, 0.25) is 0 Å². The Morgan fingerprint density at radius 2 is 2.12 bits per heavy atom.